The van der Waals surface area contributed by atoms with Crippen LogP contribution < -0.4 is 4.90 Å². The maximum absolute atomic E-state index is 11.8. The highest BCUT2D eigenvalue weighted by atomic mass is 16.5. The number of piperidine rings is 2. The number of benzene rings is 1. The number of carbonyl (C=O) groups excluding carboxylic acids is 1. The van der Waals surface area contributed by atoms with Gasteiger partial charge in [0.25, 0.3) is 0 Å². The second-order valence-corrected chi connectivity index (χ2v) is 9.37. The summed E-state index contributed by atoms with van der Waals surface area (Å²) in [7, 11) is 0. The van der Waals surface area contributed by atoms with Gasteiger partial charge < -0.3 is 14.5 Å². The van der Waals surface area contributed by atoms with Crippen LogP contribution in [0, 0.1) is 23.7 Å². The number of nitrogens with zero attached hydrogens (tertiary/aromatic N) is 5. The highest BCUT2D eigenvalue weighted by molar-refractivity contribution is 5.93. The Balaban J connectivity index is 1.14. The van der Waals surface area contributed by atoms with Gasteiger partial charge in [-0.05, 0) is 74.7 Å². The Morgan fingerprint density at radius 3 is 2.56 bits per heavy atom. The molecule has 7 nitrogen and oxygen atoms in total. The third-order valence-corrected chi connectivity index (χ3v) is 7.80. The number of anilines is 1. The van der Waals surface area contributed by atoms with Gasteiger partial charge in [0.2, 0.25) is 0 Å². The molecule has 3 aliphatic rings. The van der Waals surface area contributed by atoms with Gasteiger partial charge in [-0.3, -0.25) is 0 Å². The maximum atomic E-state index is 11.8. The molecule has 3 aliphatic heterocycles. The van der Waals surface area contributed by atoms with Crippen molar-refractivity contribution in [2.75, 3.05) is 37.6 Å². The van der Waals surface area contributed by atoms with E-state index in [4.69, 9.17) is 4.74 Å². The zero-order valence-corrected chi connectivity index (χ0v) is 18.6. The molecule has 32 heavy (non-hydrogen) atoms. The molecular formula is C25H29N5O2. The van der Waals surface area contributed by atoms with Crippen molar-refractivity contribution in [3.05, 3.63) is 52.5 Å². The van der Waals surface area contributed by atoms with Gasteiger partial charge in [0.05, 0.1) is 5.56 Å². The quantitative estimate of drug-likeness (QED) is 0.687. The van der Waals surface area contributed by atoms with Gasteiger partial charge in [0, 0.05) is 37.6 Å². The Morgan fingerprint density at radius 1 is 1.09 bits per heavy atom. The fraction of sp³-hybridized carbons (Fsp3) is 0.520. The smallest absolute Gasteiger partial charge is 0.338 e. The van der Waals surface area contributed by atoms with E-state index in [1.807, 2.05) is 6.07 Å². The lowest BCUT2D eigenvalue weighted by Gasteiger charge is -2.47. The normalized spacial score (nSPS) is 20.1. The van der Waals surface area contributed by atoms with Gasteiger partial charge in [-0.2, -0.15) is 5.26 Å². The molecule has 0 radical (unpaired) electrons. The minimum atomic E-state index is -0.190. The van der Waals surface area contributed by atoms with Crippen LogP contribution in [0.5, 0.6) is 0 Å². The number of nitriles is 1. The molecule has 1 aromatic heterocycles. The lowest BCUT2D eigenvalue weighted by atomic mass is 9.71. The van der Waals surface area contributed by atoms with Crippen LogP contribution in [0.2, 0.25) is 0 Å². The SMILES string of the molecule is Cc1c(CCN2CCC3(CC2)CCN(c2nccnc2C#N)CC3)ccc2c1COC2=O. The standard InChI is InChI=1S/C25H29N5O2/c1-18-19(2-3-20-21(18)17-32-24(20)31)4-11-29-12-5-25(6-13-29)7-14-30(15-8-25)23-22(16-26)27-9-10-28-23/h2-3,9-10H,4-8,11-15,17H2,1H3. The highest BCUT2D eigenvalue weighted by Crippen LogP contribution is 2.42. The van der Waals surface area contributed by atoms with Crippen molar-refractivity contribution < 1.29 is 9.53 Å². The summed E-state index contributed by atoms with van der Waals surface area (Å²) in [6.45, 7) is 7.76. The minimum absolute atomic E-state index is 0.190. The zero-order valence-electron chi connectivity index (χ0n) is 18.6. The Hall–Kier alpha value is -2.98. The first-order chi connectivity index (χ1) is 15.6. The lowest BCUT2D eigenvalue weighted by Crippen LogP contribution is -2.47. The van der Waals surface area contributed by atoms with E-state index in [1.165, 1.54) is 24.0 Å². The summed E-state index contributed by atoms with van der Waals surface area (Å²) in [6.07, 6.45) is 9.04. The number of rotatable bonds is 4. The first kappa shape index (κ1) is 20.9. The summed E-state index contributed by atoms with van der Waals surface area (Å²) >= 11 is 0. The molecule has 0 unspecified atom stereocenters. The van der Waals surface area contributed by atoms with E-state index in [0.29, 0.717) is 17.7 Å². The van der Waals surface area contributed by atoms with E-state index in [-0.39, 0.29) is 5.97 Å². The Morgan fingerprint density at radius 2 is 1.81 bits per heavy atom. The lowest BCUT2D eigenvalue weighted by molar-refractivity contribution is 0.0535. The average molecular weight is 432 g/mol. The van der Waals surface area contributed by atoms with Gasteiger partial charge in [-0.25, -0.2) is 14.8 Å². The predicted octanol–water partition coefficient (Wildman–Crippen LogP) is 3.25. The van der Waals surface area contributed by atoms with Crippen molar-refractivity contribution >= 4 is 11.8 Å². The second kappa shape index (κ2) is 8.51. The van der Waals surface area contributed by atoms with Gasteiger partial charge in [-0.1, -0.05) is 6.07 Å². The number of hydrogen-bond donors (Lipinski definition) is 0. The van der Waals surface area contributed by atoms with Crippen molar-refractivity contribution in [3.63, 3.8) is 0 Å². The molecular weight excluding hydrogens is 402 g/mol. The van der Waals surface area contributed by atoms with Crippen LogP contribution >= 0.6 is 0 Å². The molecule has 0 amide bonds. The van der Waals surface area contributed by atoms with Gasteiger partial charge in [0.15, 0.2) is 11.5 Å². The number of cyclic esters (lactones) is 1. The van der Waals surface area contributed by atoms with Crippen LogP contribution in [-0.2, 0) is 17.8 Å². The van der Waals surface area contributed by atoms with Crippen LogP contribution in [0.4, 0.5) is 5.82 Å². The third kappa shape index (κ3) is 3.84. The largest absolute Gasteiger partial charge is 0.457 e. The molecule has 5 rings (SSSR count). The summed E-state index contributed by atoms with van der Waals surface area (Å²) in [5.41, 5.74) is 5.20. The summed E-state index contributed by atoms with van der Waals surface area (Å²) < 4.78 is 5.19. The van der Waals surface area contributed by atoms with Crippen molar-refractivity contribution in [1.29, 1.82) is 5.26 Å². The fourth-order valence-corrected chi connectivity index (χ4v) is 5.53. The van der Waals surface area contributed by atoms with Crippen LogP contribution in [0.15, 0.2) is 24.5 Å². The van der Waals surface area contributed by atoms with Crippen molar-refractivity contribution in [2.24, 2.45) is 5.41 Å². The van der Waals surface area contributed by atoms with E-state index in [1.54, 1.807) is 12.4 Å². The van der Waals surface area contributed by atoms with E-state index in [0.717, 1.165) is 68.9 Å². The van der Waals surface area contributed by atoms with E-state index >= 15 is 0 Å². The van der Waals surface area contributed by atoms with E-state index in [2.05, 4.69) is 38.8 Å². The monoisotopic (exact) mass is 431 g/mol. The number of hydrogen-bond acceptors (Lipinski definition) is 7. The highest BCUT2D eigenvalue weighted by Gasteiger charge is 2.38. The molecule has 1 aromatic carbocycles. The van der Waals surface area contributed by atoms with Gasteiger partial charge in [-0.15, -0.1) is 0 Å². The molecule has 0 aliphatic carbocycles. The third-order valence-electron chi connectivity index (χ3n) is 7.80. The van der Waals surface area contributed by atoms with Gasteiger partial charge >= 0.3 is 5.97 Å². The molecule has 2 aromatic rings. The van der Waals surface area contributed by atoms with Crippen molar-refractivity contribution in [2.45, 2.75) is 45.6 Å². The van der Waals surface area contributed by atoms with Gasteiger partial charge in [0.1, 0.15) is 12.7 Å². The van der Waals surface area contributed by atoms with Crippen molar-refractivity contribution in [3.8, 4) is 6.07 Å². The molecule has 0 bridgehead atoms. The number of fused-ring (bicyclic) bond motifs is 1. The molecule has 0 N–H and O–H groups in total. The number of ether oxygens (including phenoxy) is 1. The number of likely N-dealkylation sites (tertiary alicyclic amines) is 1. The maximum Gasteiger partial charge on any atom is 0.338 e. The Bertz CT molecular complexity index is 1060. The summed E-state index contributed by atoms with van der Waals surface area (Å²) in [5, 5.41) is 9.32. The summed E-state index contributed by atoms with van der Waals surface area (Å²) in [4.78, 5) is 25.2. The molecule has 2 fully saturated rings. The Kier molecular flexibility index (Phi) is 5.56. The summed E-state index contributed by atoms with van der Waals surface area (Å²) in [6, 6.07) is 6.20. The fourth-order valence-electron chi connectivity index (χ4n) is 5.53. The molecule has 4 heterocycles. The second-order valence-electron chi connectivity index (χ2n) is 9.37. The number of aromatic nitrogens is 2. The van der Waals surface area contributed by atoms with Crippen LogP contribution in [0.1, 0.15) is 58.4 Å². The molecule has 0 atom stereocenters. The first-order valence-corrected chi connectivity index (χ1v) is 11.6. The van der Waals surface area contributed by atoms with E-state index < -0.39 is 0 Å². The topological polar surface area (TPSA) is 82.3 Å². The van der Waals surface area contributed by atoms with Crippen LogP contribution in [-0.4, -0.2) is 53.6 Å². The van der Waals surface area contributed by atoms with E-state index in [9.17, 15) is 10.1 Å². The number of esters is 1. The first-order valence-electron chi connectivity index (χ1n) is 11.6. The predicted molar refractivity (Wildman–Crippen MR) is 120 cm³/mol. The number of carbonyl (C=O) groups is 1. The molecule has 7 heteroatoms. The van der Waals surface area contributed by atoms with Crippen molar-refractivity contribution in [1.82, 2.24) is 14.9 Å². The average Bonchev–Trinajstić information content (AvgIpc) is 3.22. The Labute approximate surface area is 189 Å². The summed E-state index contributed by atoms with van der Waals surface area (Å²) in [5.74, 6) is 0.546. The van der Waals surface area contributed by atoms with Crippen LogP contribution in [0.25, 0.3) is 0 Å². The molecule has 1 spiro atoms. The minimum Gasteiger partial charge on any atom is -0.457 e. The molecule has 2 saturated heterocycles. The zero-order chi connectivity index (χ0) is 22.1. The molecule has 166 valence electrons. The molecule has 0 saturated carbocycles. The van der Waals surface area contributed by atoms with Crippen LogP contribution in [0.3, 0.4) is 0 Å².